The predicted molar refractivity (Wildman–Crippen MR) is 63.5 cm³/mol. The molecule has 68 valence electrons. The molecule has 1 fully saturated rings. The second kappa shape index (κ2) is 5.05. The van der Waals surface area contributed by atoms with Gasteiger partial charge < -0.3 is 0 Å². The molecule has 0 saturated heterocycles. The van der Waals surface area contributed by atoms with Gasteiger partial charge in [-0.3, -0.25) is 0 Å². The first-order valence-electron chi connectivity index (χ1n) is 4.70. The van der Waals surface area contributed by atoms with E-state index in [2.05, 4.69) is 42.2 Å². The quantitative estimate of drug-likeness (QED) is 0.516. The maximum atomic E-state index is 4.14. The van der Waals surface area contributed by atoms with Gasteiger partial charge in [-0.1, -0.05) is 24.6 Å². The summed E-state index contributed by atoms with van der Waals surface area (Å²) in [6.45, 7) is 6.30. The molecule has 12 heavy (non-hydrogen) atoms. The van der Waals surface area contributed by atoms with Gasteiger partial charge in [-0.2, -0.15) is 0 Å². The third-order valence-electron chi connectivity index (χ3n) is 2.56. The molecular formula is C11H17I. The van der Waals surface area contributed by atoms with E-state index >= 15 is 0 Å². The molecule has 0 aromatic heterocycles. The van der Waals surface area contributed by atoms with Gasteiger partial charge in [0, 0.05) is 0 Å². The van der Waals surface area contributed by atoms with Crippen molar-refractivity contribution in [2.45, 2.75) is 39.0 Å². The smallest absolute Gasteiger partial charge is 0.0165 e. The van der Waals surface area contributed by atoms with E-state index in [-0.39, 0.29) is 0 Å². The molecule has 0 aliphatic heterocycles. The highest BCUT2D eigenvalue weighted by molar-refractivity contribution is 14.1. The van der Waals surface area contributed by atoms with Crippen molar-refractivity contribution < 1.29 is 0 Å². The summed E-state index contributed by atoms with van der Waals surface area (Å²) >= 11 is 2.38. The normalized spacial score (nSPS) is 26.0. The molecule has 1 unspecified atom stereocenters. The Balaban J connectivity index is 2.39. The highest BCUT2D eigenvalue weighted by Crippen LogP contribution is 2.31. The lowest BCUT2D eigenvalue weighted by Gasteiger charge is -2.23. The summed E-state index contributed by atoms with van der Waals surface area (Å²) in [5.74, 6) is 0.781. The first-order chi connectivity index (χ1) is 5.70. The monoisotopic (exact) mass is 276 g/mol. The Morgan fingerprint density at radius 3 is 3.00 bits per heavy atom. The third-order valence-corrected chi connectivity index (χ3v) is 3.00. The van der Waals surface area contributed by atoms with E-state index in [4.69, 9.17) is 0 Å². The molecule has 0 N–H and O–H groups in total. The van der Waals surface area contributed by atoms with Gasteiger partial charge in [-0.15, -0.1) is 0 Å². The molecule has 1 atom stereocenters. The molecule has 0 aromatic rings. The van der Waals surface area contributed by atoms with Crippen molar-refractivity contribution in [2.75, 3.05) is 0 Å². The summed E-state index contributed by atoms with van der Waals surface area (Å²) in [4.78, 5) is 0. The zero-order valence-corrected chi connectivity index (χ0v) is 9.93. The molecule has 1 aliphatic rings. The lowest BCUT2D eigenvalue weighted by Crippen LogP contribution is -2.07. The minimum absolute atomic E-state index is 0.781. The van der Waals surface area contributed by atoms with Crippen LogP contribution in [0.1, 0.15) is 39.0 Å². The van der Waals surface area contributed by atoms with Gasteiger partial charge in [-0.05, 0) is 64.7 Å². The highest BCUT2D eigenvalue weighted by atomic mass is 127. The predicted octanol–water partition coefficient (Wildman–Crippen LogP) is 4.46. The van der Waals surface area contributed by atoms with E-state index in [1.165, 1.54) is 41.3 Å². The van der Waals surface area contributed by atoms with Crippen LogP contribution in [0.25, 0.3) is 0 Å². The van der Waals surface area contributed by atoms with Crippen molar-refractivity contribution in [1.29, 1.82) is 0 Å². The van der Waals surface area contributed by atoms with Gasteiger partial charge in [0.05, 0.1) is 0 Å². The van der Waals surface area contributed by atoms with Gasteiger partial charge >= 0.3 is 0 Å². The largest absolute Gasteiger partial charge is 0.0996 e. The Labute approximate surface area is 89.3 Å². The fourth-order valence-electron chi connectivity index (χ4n) is 1.74. The molecule has 1 rings (SSSR count). The van der Waals surface area contributed by atoms with Crippen LogP contribution in [0.15, 0.2) is 21.8 Å². The molecule has 0 amide bonds. The Morgan fingerprint density at radius 2 is 2.42 bits per heavy atom. The van der Waals surface area contributed by atoms with Crippen molar-refractivity contribution in [3.63, 3.8) is 0 Å². The third kappa shape index (κ3) is 3.30. The van der Waals surface area contributed by atoms with E-state index in [0.717, 1.165) is 5.92 Å². The van der Waals surface area contributed by atoms with E-state index in [1.807, 2.05) is 0 Å². The van der Waals surface area contributed by atoms with Gasteiger partial charge in [0.1, 0.15) is 0 Å². The summed E-state index contributed by atoms with van der Waals surface area (Å²) < 4.78 is 1.41. The first kappa shape index (κ1) is 10.3. The summed E-state index contributed by atoms with van der Waals surface area (Å²) in [5.41, 5.74) is 1.48. The zero-order valence-electron chi connectivity index (χ0n) is 7.78. The van der Waals surface area contributed by atoms with Crippen molar-refractivity contribution in [3.8, 4) is 0 Å². The van der Waals surface area contributed by atoms with E-state index < -0.39 is 0 Å². The topological polar surface area (TPSA) is 0 Å². The second-order valence-corrected chi connectivity index (χ2v) is 5.33. The minimum Gasteiger partial charge on any atom is -0.0996 e. The van der Waals surface area contributed by atoms with Crippen LogP contribution in [0.3, 0.4) is 0 Å². The Kier molecular flexibility index (Phi) is 4.33. The fourth-order valence-corrected chi connectivity index (χ4v) is 1.99. The molecule has 1 saturated carbocycles. The SMILES string of the molecule is C=C1CCCCC1C/C=C(/C)I. The average molecular weight is 276 g/mol. The molecule has 0 aromatic carbocycles. The second-order valence-electron chi connectivity index (χ2n) is 3.63. The molecule has 0 bridgehead atoms. The zero-order chi connectivity index (χ0) is 8.97. The van der Waals surface area contributed by atoms with Crippen molar-refractivity contribution >= 4 is 22.6 Å². The lowest BCUT2D eigenvalue weighted by molar-refractivity contribution is 0.458. The van der Waals surface area contributed by atoms with Crippen LogP contribution in [0.4, 0.5) is 0 Å². The Bertz CT molecular complexity index is 187. The van der Waals surface area contributed by atoms with Gasteiger partial charge in [-0.25, -0.2) is 0 Å². The molecule has 1 aliphatic carbocycles. The van der Waals surface area contributed by atoms with Gasteiger partial charge in [0.25, 0.3) is 0 Å². The molecule has 0 spiro atoms. The number of hydrogen-bond acceptors (Lipinski definition) is 0. The standard InChI is InChI=1S/C11H17I/c1-9-5-3-4-6-11(9)8-7-10(2)12/h7,11H,1,3-6,8H2,2H3/b10-7-. The van der Waals surface area contributed by atoms with Crippen LogP contribution >= 0.6 is 22.6 Å². The average Bonchev–Trinajstić information content (AvgIpc) is 2.03. The number of halogens is 1. The molecular weight excluding hydrogens is 259 g/mol. The van der Waals surface area contributed by atoms with Crippen LogP contribution < -0.4 is 0 Å². The van der Waals surface area contributed by atoms with Crippen LogP contribution in [0.5, 0.6) is 0 Å². The summed E-state index contributed by atoms with van der Waals surface area (Å²) in [5, 5.41) is 0. The van der Waals surface area contributed by atoms with Crippen molar-refractivity contribution in [1.82, 2.24) is 0 Å². The van der Waals surface area contributed by atoms with Crippen LogP contribution in [-0.4, -0.2) is 0 Å². The molecule has 0 nitrogen and oxygen atoms in total. The van der Waals surface area contributed by atoms with E-state index in [9.17, 15) is 0 Å². The number of allylic oxidation sites excluding steroid dienone is 3. The Morgan fingerprint density at radius 1 is 1.67 bits per heavy atom. The molecule has 0 radical (unpaired) electrons. The van der Waals surface area contributed by atoms with E-state index in [0.29, 0.717) is 0 Å². The first-order valence-corrected chi connectivity index (χ1v) is 5.78. The molecule has 1 heteroatoms. The lowest BCUT2D eigenvalue weighted by atomic mass is 9.83. The summed E-state index contributed by atoms with van der Waals surface area (Å²) in [6, 6.07) is 0. The van der Waals surface area contributed by atoms with Crippen molar-refractivity contribution in [3.05, 3.63) is 21.8 Å². The van der Waals surface area contributed by atoms with E-state index in [1.54, 1.807) is 0 Å². The minimum atomic E-state index is 0.781. The highest BCUT2D eigenvalue weighted by Gasteiger charge is 2.15. The van der Waals surface area contributed by atoms with Gasteiger partial charge in [0.2, 0.25) is 0 Å². The van der Waals surface area contributed by atoms with Crippen LogP contribution in [0, 0.1) is 5.92 Å². The molecule has 0 heterocycles. The summed E-state index contributed by atoms with van der Waals surface area (Å²) in [7, 11) is 0. The number of hydrogen-bond donors (Lipinski definition) is 0. The van der Waals surface area contributed by atoms with Gasteiger partial charge in [0.15, 0.2) is 0 Å². The fraction of sp³-hybridized carbons (Fsp3) is 0.636. The van der Waals surface area contributed by atoms with Crippen molar-refractivity contribution in [2.24, 2.45) is 5.92 Å². The number of rotatable bonds is 2. The maximum absolute atomic E-state index is 4.14. The van der Waals surface area contributed by atoms with Crippen LogP contribution in [-0.2, 0) is 0 Å². The Hall–Kier alpha value is 0.210. The van der Waals surface area contributed by atoms with Crippen LogP contribution in [0.2, 0.25) is 0 Å². The summed E-state index contributed by atoms with van der Waals surface area (Å²) in [6.07, 6.45) is 8.94. The maximum Gasteiger partial charge on any atom is -0.0165 e.